The van der Waals surface area contributed by atoms with E-state index in [1.807, 2.05) is 48.5 Å². The fraction of sp³-hybridized carbons (Fsp3) is 0. The molecule has 1 aliphatic heterocycles. The molecule has 0 saturated heterocycles. The third kappa shape index (κ3) is 5.23. The summed E-state index contributed by atoms with van der Waals surface area (Å²) in [7, 11) is 0. The first-order valence-corrected chi connectivity index (χ1v) is 19.6. The second-order valence-corrected chi connectivity index (χ2v) is 14.9. The molecule has 0 unspecified atom stereocenters. The summed E-state index contributed by atoms with van der Waals surface area (Å²) in [6.07, 6.45) is 0. The first-order valence-electron chi connectivity index (χ1n) is 19.6. The molecule has 9 aromatic carbocycles. The lowest BCUT2D eigenvalue weighted by Gasteiger charge is -2.26. The quantitative estimate of drug-likeness (QED) is 0.176. The van der Waals surface area contributed by atoms with Crippen molar-refractivity contribution in [1.29, 1.82) is 0 Å². The molecular weight excluding hydrogens is 711 g/mol. The van der Waals surface area contributed by atoms with Gasteiger partial charge in [-0.2, -0.15) is 0 Å². The van der Waals surface area contributed by atoms with Crippen molar-refractivity contribution in [3.05, 3.63) is 200 Å². The Balaban J connectivity index is 0.953. The van der Waals surface area contributed by atoms with Crippen molar-refractivity contribution < 1.29 is 13.6 Å². The van der Waals surface area contributed by atoms with Gasteiger partial charge in [0.25, 0.3) is 0 Å². The van der Waals surface area contributed by atoms with Crippen molar-refractivity contribution in [3.63, 3.8) is 0 Å². The summed E-state index contributed by atoms with van der Waals surface area (Å²) in [6.45, 7) is 0. The van der Waals surface area contributed by atoms with Gasteiger partial charge in [-0.1, -0.05) is 115 Å². The fourth-order valence-corrected chi connectivity index (χ4v) is 8.67. The van der Waals surface area contributed by atoms with Crippen LogP contribution < -0.4 is 9.64 Å². The van der Waals surface area contributed by atoms with Crippen LogP contribution >= 0.6 is 0 Å². The van der Waals surface area contributed by atoms with Crippen LogP contribution in [0.3, 0.4) is 0 Å². The topological polar surface area (TPSA) is 38.8 Å². The molecule has 0 atom stereocenters. The predicted octanol–water partition coefficient (Wildman–Crippen LogP) is 15.7. The van der Waals surface area contributed by atoms with Crippen molar-refractivity contribution >= 4 is 60.9 Å². The maximum Gasteiger partial charge on any atom is 0.135 e. The van der Waals surface area contributed by atoms with Gasteiger partial charge in [0.05, 0.1) is 0 Å². The summed E-state index contributed by atoms with van der Waals surface area (Å²) in [5.74, 6) is 1.73. The van der Waals surface area contributed by atoms with E-state index in [1.54, 1.807) is 0 Å². The van der Waals surface area contributed by atoms with Crippen LogP contribution in [0, 0.1) is 0 Å². The van der Waals surface area contributed by atoms with Gasteiger partial charge >= 0.3 is 0 Å². The molecular formula is C54H33NO3. The van der Waals surface area contributed by atoms with Gasteiger partial charge in [-0.05, 0) is 118 Å². The summed E-state index contributed by atoms with van der Waals surface area (Å²) in [5, 5.41) is 4.44. The van der Waals surface area contributed by atoms with Crippen molar-refractivity contribution in [3.8, 4) is 56.0 Å². The molecule has 272 valence electrons. The van der Waals surface area contributed by atoms with Crippen LogP contribution in [0.5, 0.6) is 11.5 Å². The van der Waals surface area contributed by atoms with Crippen molar-refractivity contribution in [2.75, 3.05) is 4.90 Å². The molecule has 0 spiro atoms. The van der Waals surface area contributed by atoms with E-state index >= 15 is 0 Å². The Bertz CT molecular complexity index is 3370. The van der Waals surface area contributed by atoms with E-state index in [9.17, 15) is 0 Å². The van der Waals surface area contributed by atoms with E-state index in [2.05, 4.69) is 157 Å². The number of para-hydroxylation sites is 4. The molecule has 3 heterocycles. The molecule has 0 bridgehead atoms. The summed E-state index contributed by atoms with van der Waals surface area (Å²) in [6, 6.07) is 70.4. The molecule has 0 N–H and O–H groups in total. The maximum absolute atomic E-state index is 6.45. The highest BCUT2D eigenvalue weighted by molar-refractivity contribution is 6.07. The highest BCUT2D eigenvalue weighted by Gasteiger charge is 2.22. The van der Waals surface area contributed by atoms with Crippen LogP contribution in [0.1, 0.15) is 0 Å². The van der Waals surface area contributed by atoms with Crippen molar-refractivity contribution in [2.24, 2.45) is 0 Å². The van der Waals surface area contributed by atoms with E-state index < -0.39 is 0 Å². The van der Waals surface area contributed by atoms with Gasteiger partial charge < -0.3 is 18.5 Å². The number of furan rings is 2. The average molecular weight is 744 g/mol. The Morgan fingerprint density at radius 2 is 0.724 bits per heavy atom. The molecule has 1 aliphatic rings. The van der Waals surface area contributed by atoms with E-state index in [4.69, 9.17) is 13.6 Å². The molecule has 4 heteroatoms. The predicted molar refractivity (Wildman–Crippen MR) is 237 cm³/mol. The van der Waals surface area contributed by atoms with Crippen molar-refractivity contribution in [1.82, 2.24) is 0 Å². The number of benzene rings is 9. The van der Waals surface area contributed by atoms with Crippen LogP contribution in [-0.2, 0) is 0 Å². The third-order valence-electron chi connectivity index (χ3n) is 11.5. The molecule has 4 nitrogen and oxygen atoms in total. The summed E-state index contributed by atoms with van der Waals surface area (Å²) < 4.78 is 18.8. The van der Waals surface area contributed by atoms with Crippen LogP contribution in [0.4, 0.5) is 17.1 Å². The SMILES string of the molecule is c1ccc2c(c1)Oc1ccccc1-c1cc(-c3ccc(N(c4ccc(-c5ccc6oc7ccccc7c6c5)cc4)c4ccc5oc6ccccc6c5c4)cc3)ccc1-2. The lowest BCUT2D eigenvalue weighted by atomic mass is 9.91. The molecule has 0 fully saturated rings. The third-order valence-corrected chi connectivity index (χ3v) is 11.5. The number of rotatable bonds is 5. The van der Waals surface area contributed by atoms with E-state index in [0.717, 1.165) is 117 Å². The monoisotopic (exact) mass is 743 g/mol. The first kappa shape index (κ1) is 32.4. The van der Waals surface area contributed by atoms with Crippen LogP contribution in [0.25, 0.3) is 88.4 Å². The number of hydrogen-bond acceptors (Lipinski definition) is 4. The largest absolute Gasteiger partial charge is 0.456 e. The van der Waals surface area contributed by atoms with Gasteiger partial charge in [0.2, 0.25) is 0 Å². The Morgan fingerprint density at radius 1 is 0.276 bits per heavy atom. The maximum atomic E-state index is 6.45. The smallest absolute Gasteiger partial charge is 0.135 e. The minimum Gasteiger partial charge on any atom is -0.456 e. The molecule has 11 aromatic rings. The highest BCUT2D eigenvalue weighted by atomic mass is 16.5. The zero-order chi connectivity index (χ0) is 38.2. The summed E-state index contributed by atoms with van der Waals surface area (Å²) in [4.78, 5) is 2.32. The Kier molecular flexibility index (Phi) is 7.20. The Labute approximate surface area is 334 Å². The van der Waals surface area contributed by atoms with E-state index in [0.29, 0.717) is 0 Å². The first-order chi connectivity index (χ1) is 28.7. The number of ether oxygens (including phenoxy) is 1. The highest BCUT2D eigenvalue weighted by Crippen LogP contribution is 2.48. The van der Waals surface area contributed by atoms with Crippen molar-refractivity contribution in [2.45, 2.75) is 0 Å². The Morgan fingerprint density at radius 3 is 1.36 bits per heavy atom. The second kappa shape index (κ2) is 12.9. The zero-order valence-electron chi connectivity index (χ0n) is 31.2. The molecule has 0 amide bonds. The lowest BCUT2D eigenvalue weighted by molar-refractivity contribution is 0.488. The summed E-state index contributed by atoms with van der Waals surface area (Å²) in [5.41, 5.74) is 15.8. The van der Waals surface area contributed by atoms with Crippen LogP contribution in [0.2, 0.25) is 0 Å². The average Bonchev–Trinajstić information content (AvgIpc) is 3.81. The van der Waals surface area contributed by atoms with Crippen LogP contribution in [0.15, 0.2) is 209 Å². The van der Waals surface area contributed by atoms with Gasteiger partial charge in [0, 0.05) is 49.7 Å². The van der Waals surface area contributed by atoms with Gasteiger partial charge in [-0.3, -0.25) is 0 Å². The second-order valence-electron chi connectivity index (χ2n) is 14.9. The van der Waals surface area contributed by atoms with Gasteiger partial charge in [-0.15, -0.1) is 0 Å². The van der Waals surface area contributed by atoms with Crippen LogP contribution in [-0.4, -0.2) is 0 Å². The minimum absolute atomic E-state index is 0.862. The molecule has 0 aliphatic carbocycles. The Hall–Kier alpha value is -7.82. The fourth-order valence-electron chi connectivity index (χ4n) is 8.67. The zero-order valence-corrected chi connectivity index (χ0v) is 31.2. The standard InChI is InChI=1S/C54H33NO3/c1-5-13-49-42(9-1)41-28-21-36(31-46(41)43-10-2-6-14-50(43)56-49)34-17-23-38(24-18-34)55(40-27-30-54-48(33-40)45-12-4-8-16-52(45)58-54)39-25-19-35(20-26-39)37-22-29-53-47(32-37)44-11-3-7-15-51(44)57-53/h1-33H. The number of anilines is 3. The number of fused-ring (bicyclic) bond motifs is 11. The summed E-state index contributed by atoms with van der Waals surface area (Å²) >= 11 is 0. The lowest BCUT2D eigenvalue weighted by Crippen LogP contribution is -2.09. The molecule has 0 saturated carbocycles. The van der Waals surface area contributed by atoms with Gasteiger partial charge in [0.15, 0.2) is 0 Å². The minimum atomic E-state index is 0.862. The molecule has 2 aromatic heterocycles. The number of nitrogens with zero attached hydrogens (tertiary/aromatic N) is 1. The van der Waals surface area contributed by atoms with Gasteiger partial charge in [-0.25, -0.2) is 0 Å². The number of hydrogen-bond donors (Lipinski definition) is 0. The molecule has 0 radical (unpaired) electrons. The normalized spacial score (nSPS) is 11.9. The van der Waals surface area contributed by atoms with E-state index in [-0.39, 0.29) is 0 Å². The van der Waals surface area contributed by atoms with Gasteiger partial charge in [0.1, 0.15) is 33.8 Å². The molecule has 12 rings (SSSR count). The van der Waals surface area contributed by atoms with E-state index in [1.165, 1.54) is 0 Å². The molecule has 58 heavy (non-hydrogen) atoms.